The molecule has 2 heterocycles. The highest BCUT2D eigenvalue weighted by molar-refractivity contribution is 9.10. The summed E-state index contributed by atoms with van der Waals surface area (Å²) in [5, 5.41) is 0. The molecule has 74 valence electrons. The fourth-order valence-corrected chi connectivity index (χ4v) is 1.73. The second kappa shape index (κ2) is 4.06. The topological polar surface area (TPSA) is 60.5 Å². The Kier molecular flexibility index (Phi) is 2.79. The molecule has 0 unspecified atom stereocenters. The third kappa shape index (κ3) is 2.10. The monoisotopic (exact) mass is 255 g/mol. The number of amidine groups is 1. The van der Waals surface area contributed by atoms with Crippen LogP contribution >= 0.6 is 15.9 Å². The van der Waals surface area contributed by atoms with Gasteiger partial charge in [-0.2, -0.15) is 0 Å². The lowest BCUT2D eigenvalue weighted by Crippen LogP contribution is -2.27. The molecule has 0 spiro atoms. The highest BCUT2D eigenvalue weighted by Gasteiger charge is 2.15. The molecule has 0 saturated heterocycles. The third-order valence-electron chi connectivity index (χ3n) is 1.98. The Morgan fingerprint density at radius 2 is 2.43 bits per heavy atom. The molecule has 2 rings (SSSR count). The van der Waals surface area contributed by atoms with E-state index in [1.54, 1.807) is 6.20 Å². The van der Waals surface area contributed by atoms with Gasteiger partial charge in [0.25, 0.3) is 0 Å². The molecule has 1 atom stereocenters. The lowest BCUT2D eigenvalue weighted by Gasteiger charge is -2.19. The Hall–Kier alpha value is -0.940. The van der Waals surface area contributed by atoms with Crippen LogP contribution in [0.2, 0.25) is 0 Å². The van der Waals surface area contributed by atoms with Crippen molar-refractivity contribution in [3.05, 3.63) is 28.5 Å². The minimum atomic E-state index is 0.00282. The van der Waals surface area contributed by atoms with Gasteiger partial charge in [0.2, 0.25) is 0 Å². The number of aliphatic imine (C=N–C) groups is 1. The largest absolute Gasteiger partial charge is 0.386 e. The first kappa shape index (κ1) is 9.61. The van der Waals surface area contributed by atoms with Crippen LogP contribution < -0.4 is 5.73 Å². The van der Waals surface area contributed by atoms with Crippen LogP contribution in [0, 0.1) is 0 Å². The van der Waals surface area contributed by atoms with Crippen LogP contribution in [0.4, 0.5) is 0 Å². The zero-order valence-electron chi connectivity index (χ0n) is 7.48. The SMILES string of the molecule is NC1=N[C@@H](c2ccnc(Br)c2)COC1. The average Bonchev–Trinajstić information content (AvgIpc) is 2.18. The number of aromatic nitrogens is 1. The maximum Gasteiger partial charge on any atom is 0.121 e. The lowest BCUT2D eigenvalue weighted by atomic mass is 10.1. The van der Waals surface area contributed by atoms with E-state index in [1.807, 2.05) is 12.1 Å². The number of pyridine rings is 1. The van der Waals surface area contributed by atoms with E-state index in [9.17, 15) is 0 Å². The van der Waals surface area contributed by atoms with Crippen LogP contribution in [0.5, 0.6) is 0 Å². The summed E-state index contributed by atoms with van der Waals surface area (Å²) in [5.41, 5.74) is 6.66. The van der Waals surface area contributed by atoms with Gasteiger partial charge in [-0.25, -0.2) is 4.98 Å². The number of hydrogen-bond acceptors (Lipinski definition) is 4. The van der Waals surface area contributed by atoms with Crippen molar-refractivity contribution < 1.29 is 4.74 Å². The van der Waals surface area contributed by atoms with Gasteiger partial charge in [0.15, 0.2) is 0 Å². The van der Waals surface area contributed by atoms with E-state index >= 15 is 0 Å². The molecule has 0 aromatic carbocycles. The molecular weight excluding hydrogens is 246 g/mol. The van der Waals surface area contributed by atoms with Crippen molar-refractivity contribution >= 4 is 21.8 Å². The first-order valence-electron chi connectivity index (χ1n) is 4.27. The Labute approximate surface area is 90.3 Å². The maximum atomic E-state index is 5.60. The molecule has 0 saturated carbocycles. The van der Waals surface area contributed by atoms with Crippen molar-refractivity contribution in [2.45, 2.75) is 6.04 Å². The Morgan fingerprint density at radius 1 is 1.57 bits per heavy atom. The number of hydrogen-bond donors (Lipinski definition) is 1. The molecule has 0 radical (unpaired) electrons. The molecule has 1 aliphatic rings. The molecule has 0 amide bonds. The second-order valence-electron chi connectivity index (χ2n) is 3.06. The molecule has 14 heavy (non-hydrogen) atoms. The number of nitrogens with zero attached hydrogens (tertiary/aromatic N) is 2. The quantitative estimate of drug-likeness (QED) is 0.770. The minimum Gasteiger partial charge on any atom is -0.386 e. The Morgan fingerprint density at radius 3 is 3.14 bits per heavy atom. The molecule has 0 aliphatic carbocycles. The van der Waals surface area contributed by atoms with Gasteiger partial charge in [0, 0.05) is 6.20 Å². The van der Waals surface area contributed by atoms with Crippen molar-refractivity contribution in [3.8, 4) is 0 Å². The molecule has 2 N–H and O–H groups in total. The van der Waals surface area contributed by atoms with E-state index in [1.165, 1.54) is 0 Å². The van der Waals surface area contributed by atoms with E-state index < -0.39 is 0 Å². The van der Waals surface area contributed by atoms with Crippen molar-refractivity contribution in [2.24, 2.45) is 10.7 Å². The molecule has 0 fully saturated rings. The van der Waals surface area contributed by atoms with Crippen LogP contribution in [0.1, 0.15) is 11.6 Å². The van der Waals surface area contributed by atoms with E-state index in [-0.39, 0.29) is 6.04 Å². The van der Waals surface area contributed by atoms with Gasteiger partial charge < -0.3 is 10.5 Å². The summed E-state index contributed by atoms with van der Waals surface area (Å²) >= 11 is 3.31. The molecule has 1 aromatic heterocycles. The highest BCUT2D eigenvalue weighted by Crippen LogP contribution is 2.21. The van der Waals surface area contributed by atoms with Crippen molar-refractivity contribution in [1.82, 2.24) is 4.98 Å². The van der Waals surface area contributed by atoms with Crippen LogP contribution in [0.3, 0.4) is 0 Å². The molecule has 0 bridgehead atoms. The van der Waals surface area contributed by atoms with E-state index in [0.29, 0.717) is 19.0 Å². The fourth-order valence-electron chi connectivity index (χ4n) is 1.35. The third-order valence-corrected chi connectivity index (χ3v) is 2.42. The zero-order chi connectivity index (χ0) is 9.97. The van der Waals surface area contributed by atoms with Crippen molar-refractivity contribution in [1.29, 1.82) is 0 Å². The van der Waals surface area contributed by atoms with Crippen LogP contribution in [0.25, 0.3) is 0 Å². The maximum absolute atomic E-state index is 5.60. The van der Waals surface area contributed by atoms with E-state index in [0.717, 1.165) is 10.2 Å². The van der Waals surface area contributed by atoms with Gasteiger partial charge in [-0.05, 0) is 33.6 Å². The summed E-state index contributed by atoms with van der Waals surface area (Å²) in [4.78, 5) is 8.36. The number of halogens is 1. The first-order chi connectivity index (χ1) is 6.75. The Balaban J connectivity index is 2.26. The van der Waals surface area contributed by atoms with E-state index in [4.69, 9.17) is 10.5 Å². The predicted octanol–water partition coefficient (Wildman–Crippen LogP) is 1.27. The number of rotatable bonds is 1. The average molecular weight is 256 g/mol. The van der Waals surface area contributed by atoms with Gasteiger partial charge in [-0.3, -0.25) is 4.99 Å². The summed E-state index contributed by atoms with van der Waals surface area (Å²) in [6, 6.07) is 3.85. The second-order valence-corrected chi connectivity index (χ2v) is 3.88. The van der Waals surface area contributed by atoms with Crippen LogP contribution in [-0.4, -0.2) is 24.0 Å². The Bertz CT molecular complexity index is 367. The van der Waals surface area contributed by atoms with Crippen molar-refractivity contribution in [3.63, 3.8) is 0 Å². The van der Waals surface area contributed by atoms with E-state index in [2.05, 4.69) is 25.9 Å². The zero-order valence-corrected chi connectivity index (χ0v) is 9.07. The molecule has 1 aliphatic heterocycles. The molecule has 5 heteroatoms. The molecular formula is C9H10BrN3O. The lowest BCUT2D eigenvalue weighted by molar-refractivity contribution is 0.143. The van der Waals surface area contributed by atoms with Crippen LogP contribution in [-0.2, 0) is 4.74 Å². The van der Waals surface area contributed by atoms with Gasteiger partial charge in [-0.15, -0.1) is 0 Å². The molecule has 1 aromatic rings. The van der Waals surface area contributed by atoms with Gasteiger partial charge in [-0.1, -0.05) is 0 Å². The summed E-state index contributed by atoms with van der Waals surface area (Å²) in [6.07, 6.45) is 1.74. The van der Waals surface area contributed by atoms with Gasteiger partial charge >= 0.3 is 0 Å². The highest BCUT2D eigenvalue weighted by atomic mass is 79.9. The fraction of sp³-hybridized carbons (Fsp3) is 0.333. The summed E-state index contributed by atoms with van der Waals surface area (Å²) < 4.78 is 6.10. The minimum absolute atomic E-state index is 0.00282. The van der Waals surface area contributed by atoms with Gasteiger partial charge in [0.1, 0.15) is 23.1 Å². The van der Waals surface area contributed by atoms with Crippen LogP contribution in [0.15, 0.2) is 27.9 Å². The standard InChI is InChI=1S/C9H10BrN3O/c10-8-3-6(1-2-12-8)7-4-14-5-9(11)13-7/h1-3,7H,4-5H2,(H2,11,13)/t7-/m1/s1. The van der Waals surface area contributed by atoms with Gasteiger partial charge in [0.05, 0.1) is 6.61 Å². The number of nitrogens with two attached hydrogens (primary N) is 1. The normalized spacial score (nSPS) is 21.8. The predicted molar refractivity (Wildman–Crippen MR) is 57.1 cm³/mol. The summed E-state index contributed by atoms with van der Waals surface area (Å²) in [6.45, 7) is 1.01. The first-order valence-corrected chi connectivity index (χ1v) is 5.06. The smallest absolute Gasteiger partial charge is 0.121 e. The number of ether oxygens (including phenoxy) is 1. The molecule has 4 nitrogen and oxygen atoms in total. The summed E-state index contributed by atoms with van der Waals surface area (Å²) in [7, 11) is 0. The van der Waals surface area contributed by atoms with Crippen molar-refractivity contribution in [2.75, 3.05) is 13.2 Å². The summed E-state index contributed by atoms with van der Waals surface area (Å²) in [5.74, 6) is 0.550.